The number of rotatable bonds is 7. The van der Waals surface area contributed by atoms with Crippen LogP contribution in [-0.4, -0.2) is 12.6 Å². The van der Waals surface area contributed by atoms with Gasteiger partial charge in [-0.15, -0.1) is 0 Å². The van der Waals surface area contributed by atoms with Gasteiger partial charge in [0.2, 0.25) is 0 Å². The van der Waals surface area contributed by atoms with Crippen LogP contribution in [0.5, 0.6) is 0 Å². The standard InChI is InChI=1S/C17H22FNO/c1-2-9-19-16(12-3-4-12)7-6-15-11-13-10-14(18)5-8-17(13)20-15/h5,8,10-12,16,19H,2-4,6-7,9H2,1H3. The van der Waals surface area contributed by atoms with E-state index in [1.54, 1.807) is 6.07 Å². The van der Waals surface area contributed by atoms with Gasteiger partial charge in [0.15, 0.2) is 0 Å². The molecule has 1 aromatic carbocycles. The monoisotopic (exact) mass is 275 g/mol. The van der Waals surface area contributed by atoms with Crippen LogP contribution in [0, 0.1) is 11.7 Å². The smallest absolute Gasteiger partial charge is 0.134 e. The predicted octanol–water partition coefficient (Wildman–Crippen LogP) is 4.28. The minimum atomic E-state index is -0.203. The highest BCUT2D eigenvalue weighted by Crippen LogP contribution is 2.34. The van der Waals surface area contributed by atoms with E-state index in [1.807, 2.05) is 6.07 Å². The molecule has 1 N–H and O–H groups in total. The van der Waals surface area contributed by atoms with Crippen LogP contribution in [0.3, 0.4) is 0 Å². The molecule has 1 fully saturated rings. The molecule has 1 saturated carbocycles. The fourth-order valence-electron chi connectivity index (χ4n) is 2.82. The highest BCUT2D eigenvalue weighted by Gasteiger charge is 2.30. The van der Waals surface area contributed by atoms with Gasteiger partial charge >= 0.3 is 0 Å². The molecule has 108 valence electrons. The summed E-state index contributed by atoms with van der Waals surface area (Å²) in [5, 5.41) is 4.51. The molecule has 0 spiro atoms. The molecule has 0 bridgehead atoms. The maximum atomic E-state index is 13.2. The van der Waals surface area contributed by atoms with E-state index in [9.17, 15) is 4.39 Å². The average molecular weight is 275 g/mol. The van der Waals surface area contributed by atoms with Crippen molar-refractivity contribution in [3.8, 4) is 0 Å². The molecular weight excluding hydrogens is 253 g/mol. The Hall–Kier alpha value is -1.35. The Kier molecular flexibility index (Phi) is 4.06. The maximum absolute atomic E-state index is 13.2. The number of nitrogens with one attached hydrogen (secondary N) is 1. The molecule has 0 radical (unpaired) electrons. The molecule has 2 aromatic rings. The first-order chi connectivity index (χ1) is 9.76. The second-order valence-electron chi connectivity index (χ2n) is 5.83. The fourth-order valence-corrected chi connectivity index (χ4v) is 2.82. The molecule has 1 aromatic heterocycles. The zero-order valence-electron chi connectivity index (χ0n) is 12.0. The SMILES string of the molecule is CCCNC(CCc1cc2cc(F)ccc2o1)C1CC1. The van der Waals surface area contributed by atoms with E-state index >= 15 is 0 Å². The van der Waals surface area contributed by atoms with Gasteiger partial charge in [-0.2, -0.15) is 0 Å². The van der Waals surface area contributed by atoms with E-state index in [0.29, 0.717) is 6.04 Å². The fraction of sp³-hybridized carbons (Fsp3) is 0.529. The summed E-state index contributed by atoms with van der Waals surface area (Å²) in [6.45, 7) is 3.29. The topological polar surface area (TPSA) is 25.2 Å². The predicted molar refractivity (Wildman–Crippen MR) is 79.3 cm³/mol. The molecule has 20 heavy (non-hydrogen) atoms. The number of benzene rings is 1. The van der Waals surface area contributed by atoms with E-state index in [4.69, 9.17) is 4.42 Å². The van der Waals surface area contributed by atoms with Crippen LogP contribution in [0.2, 0.25) is 0 Å². The minimum absolute atomic E-state index is 0.203. The zero-order valence-corrected chi connectivity index (χ0v) is 12.0. The van der Waals surface area contributed by atoms with Crippen molar-refractivity contribution in [2.75, 3.05) is 6.54 Å². The summed E-state index contributed by atoms with van der Waals surface area (Å²) >= 11 is 0. The lowest BCUT2D eigenvalue weighted by Crippen LogP contribution is -2.32. The Morgan fingerprint density at radius 1 is 1.35 bits per heavy atom. The first-order valence-electron chi connectivity index (χ1n) is 7.67. The zero-order chi connectivity index (χ0) is 13.9. The highest BCUT2D eigenvalue weighted by molar-refractivity contribution is 5.77. The van der Waals surface area contributed by atoms with Crippen molar-refractivity contribution in [3.63, 3.8) is 0 Å². The van der Waals surface area contributed by atoms with Gasteiger partial charge in [-0.25, -0.2) is 4.39 Å². The summed E-state index contributed by atoms with van der Waals surface area (Å²) in [6.07, 6.45) is 5.91. The molecule has 1 aliphatic carbocycles. The molecular formula is C17H22FNO. The van der Waals surface area contributed by atoms with Crippen LogP contribution in [0.25, 0.3) is 11.0 Å². The van der Waals surface area contributed by atoms with Gasteiger partial charge < -0.3 is 9.73 Å². The summed E-state index contributed by atoms with van der Waals surface area (Å²) in [4.78, 5) is 0. The Morgan fingerprint density at radius 3 is 2.95 bits per heavy atom. The molecule has 3 heteroatoms. The van der Waals surface area contributed by atoms with Gasteiger partial charge in [0.05, 0.1) is 0 Å². The summed E-state index contributed by atoms with van der Waals surface area (Å²) in [5.41, 5.74) is 0.783. The minimum Gasteiger partial charge on any atom is -0.461 e. The van der Waals surface area contributed by atoms with Gasteiger partial charge in [0, 0.05) is 17.8 Å². The lowest BCUT2D eigenvalue weighted by Gasteiger charge is -2.17. The van der Waals surface area contributed by atoms with Gasteiger partial charge in [0.1, 0.15) is 17.2 Å². The molecule has 1 unspecified atom stereocenters. The summed E-state index contributed by atoms with van der Waals surface area (Å²) in [7, 11) is 0. The van der Waals surface area contributed by atoms with Crippen molar-refractivity contribution in [2.45, 2.75) is 45.1 Å². The van der Waals surface area contributed by atoms with Crippen molar-refractivity contribution >= 4 is 11.0 Å². The Bertz CT molecular complexity index is 573. The molecule has 1 aliphatic rings. The van der Waals surface area contributed by atoms with Gasteiger partial charge in [-0.05, 0) is 62.4 Å². The average Bonchev–Trinajstić information content (AvgIpc) is 3.19. The van der Waals surface area contributed by atoms with Crippen LogP contribution in [0.15, 0.2) is 28.7 Å². The maximum Gasteiger partial charge on any atom is 0.134 e. The van der Waals surface area contributed by atoms with Crippen LogP contribution in [-0.2, 0) is 6.42 Å². The summed E-state index contributed by atoms with van der Waals surface area (Å²) in [5.74, 6) is 1.61. The Morgan fingerprint density at radius 2 is 2.20 bits per heavy atom. The third-order valence-corrected chi connectivity index (χ3v) is 4.08. The van der Waals surface area contributed by atoms with Crippen LogP contribution < -0.4 is 5.32 Å². The number of fused-ring (bicyclic) bond motifs is 1. The highest BCUT2D eigenvalue weighted by atomic mass is 19.1. The Labute approximate surface area is 119 Å². The molecule has 3 rings (SSSR count). The van der Waals surface area contributed by atoms with Crippen LogP contribution >= 0.6 is 0 Å². The molecule has 2 nitrogen and oxygen atoms in total. The van der Waals surface area contributed by atoms with Crippen LogP contribution in [0.1, 0.15) is 38.4 Å². The number of furan rings is 1. The summed E-state index contributed by atoms with van der Waals surface area (Å²) < 4.78 is 18.9. The molecule has 1 atom stereocenters. The molecule has 0 aliphatic heterocycles. The lowest BCUT2D eigenvalue weighted by atomic mass is 10.1. The number of hydrogen-bond donors (Lipinski definition) is 1. The lowest BCUT2D eigenvalue weighted by molar-refractivity contribution is 0.418. The number of hydrogen-bond acceptors (Lipinski definition) is 2. The van der Waals surface area contributed by atoms with Gasteiger partial charge in [0.25, 0.3) is 0 Å². The van der Waals surface area contributed by atoms with E-state index in [0.717, 1.165) is 42.0 Å². The largest absolute Gasteiger partial charge is 0.461 e. The number of halogens is 1. The molecule has 1 heterocycles. The van der Waals surface area contributed by atoms with E-state index in [-0.39, 0.29) is 5.82 Å². The van der Waals surface area contributed by atoms with Crippen LogP contribution in [0.4, 0.5) is 4.39 Å². The van der Waals surface area contributed by atoms with Gasteiger partial charge in [-0.3, -0.25) is 0 Å². The van der Waals surface area contributed by atoms with Crippen molar-refractivity contribution in [3.05, 3.63) is 35.8 Å². The van der Waals surface area contributed by atoms with E-state index in [1.165, 1.54) is 31.4 Å². The normalized spacial score (nSPS) is 16.7. The second-order valence-corrected chi connectivity index (χ2v) is 5.83. The number of aryl methyl sites for hydroxylation is 1. The quantitative estimate of drug-likeness (QED) is 0.815. The molecule has 0 saturated heterocycles. The van der Waals surface area contributed by atoms with Crippen molar-refractivity contribution in [1.29, 1.82) is 0 Å². The third kappa shape index (κ3) is 3.21. The van der Waals surface area contributed by atoms with Crippen molar-refractivity contribution < 1.29 is 8.81 Å². The second kappa shape index (κ2) is 5.96. The van der Waals surface area contributed by atoms with Gasteiger partial charge in [-0.1, -0.05) is 6.92 Å². The van der Waals surface area contributed by atoms with E-state index < -0.39 is 0 Å². The first-order valence-corrected chi connectivity index (χ1v) is 7.67. The molecule has 0 amide bonds. The Balaban J connectivity index is 1.63. The third-order valence-electron chi connectivity index (χ3n) is 4.08. The van der Waals surface area contributed by atoms with E-state index in [2.05, 4.69) is 12.2 Å². The first kappa shape index (κ1) is 13.6. The van der Waals surface area contributed by atoms with Crippen molar-refractivity contribution in [1.82, 2.24) is 5.32 Å². The van der Waals surface area contributed by atoms with Crippen molar-refractivity contribution in [2.24, 2.45) is 5.92 Å². The summed E-state index contributed by atoms with van der Waals surface area (Å²) in [6, 6.07) is 7.28.